The molecule has 0 saturated carbocycles. The fourth-order valence-electron chi connectivity index (χ4n) is 2.42. The summed E-state index contributed by atoms with van der Waals surface area (Å²) >= 11 is 0. The van der Waals surface area contributed by atoms with Crippen LogP contribution in [0.1, 0.15) is 37.7 Å². The van der Waals surface area contributed by atoms with Crippen LogP contribution in [0.4, 0.5) is 5.69 Å². The molecule has 1 aromatic carbocycles. The Morgan fingerprint density at radius 3 is 2.29 bits per heavy atom. The minimum absolute atomic E-state index is 0. The number of nitrogens with two attached hydrogens (primary N) is 1. The normalized spacial score (nSPS) is 17.9. The number of anilines is 1. The van der Waals surface area contributed by atoms with E-state index in [0.29, 0.717) is 0 Å². The van der Waals surface area contributed by atoms with Gasteiger partial charge in [0.1, 0.15) is 0 Å². The number of hydrogen-bond donors (Lipinski definition) is 1. The third kappa shape index (κ3) is 4.97. The minimum atomic E-state index is 0. The highest BCUT2D eigenvalue weighted by molar-refractivity contribution is 5.85. The van der Waals surface area contributed by atoms with Crippen molar-refractivity contribution < 1.29 is 0 Å². The summed E-state index contributed by atoms with van der Waals surface area (Å²) in [5, 5.41) is 0. The second-order valence-electron chi connectivity index (χ2n) is 4.79. The van der Waals surface area contributed by atoms with Crippen LogP contribution < -0.4 is 5.73 Å². The predicted octanol–water partition coefficient (Wildman–Crippen LogP) is 3.46. The summed E-state index contributed by atoms with van der Waals surface area (Å²) in [6, 6.07) is 8.28. The van der Waals surface area contributed by atoms with E-state index in [1.807, 2.05) is 6.07 Å². The van der Waals surface area contributed by atoms with Gasteiger partial charge in [-0.2, -0.15) is 0 Å². The number of nitrogen functional groups attached to an aromatic ring is 1. The van der Waals surface area contributed by atoms with Crippen molar-refractivity contribution in [2.75, 3.05) is 18.8 Å². The van der Waals surface area contributed by atoms with E-state index in [2.05, 4.69) is 23.1 Å². The third-order valence-corrected chi connectivity index (χ3v) is 3.31. The highest BCUT2D eigenvalue weighted by Crippen LogP contribution is 2.14. The lowest BCUT2D eigenvalue weighted by atomic mass is 10.1. The Balaban J connectivity index is 0.00000144. The molecule has 1 aliphatic heterocycles. The van der Waals surface area contributed by atoms with Crippen LogP contribution in [0.5, 0.6) is 0 Å². The van der Waals surface area contributed by atoms with Crippen LogP contribution in [0.3, 0.4) is 0 Å². The fraction of sp³-hybridized carbons (Fsp3) is 0.571. The second kappa shape index (κ2) is 7.57. The van der Waals surface area contributed by atoms with Gasteiger partial charge in [-0.05, 0) is 43.6 Å². The van der Waals surface area contributed by atoms with Crippen LogP contribution in [-0.4, -0.2) is 18.0 Å². The largest absolute Gasteiger partial charge is 0.399 e. The zero-order valence-electron chi connectivity index (χ0n) is 10.4. The molecule has 0 atom stereocenters. The van der Waals surface area contributed by atoms with Gasteiger partial charge in [-0.15, -0.1) is 12.4 Å². The molecule has 96 valence electrons. The maximum absolute atomic E-state index is 5.80. The fourth-order valence-corrected chi connectivity index (χ4v) is 2.42. The third-order valence-electron chi connectivity index (χ3n) is 3.31. The second-order valence-corrected chi connectivity index (χ2v) is 4.79. The molecule has 0 bridgehead atoms. The molecule has 2 N–H and O–H groups in total. The first-order valence-corrected chi connectivity index (χ1v) is 6.41. The molecular weight excluding hydrogens is 232 g/mol. The molecule has 0 spiro atoms. The van der Waals surface area contributed by atoms with Crippen molar-refractivity contribution in [3.8, 4) is 0 Å². The summed E-state index contributed by atoms with van der Waals surface area (Å²) < 4.78 is 0. The molecule has 3 heteroatoms. The van der Waals surface area contributed by atoms with Crippen LogP contribution in [0.15, 0.2) is 24.3 Å². The molecule has 1 fully saturated rings. The van der Waals surface area contributed by atoms with E-state index in [0.717, 1.165) is 12.2 Å². The van der Waals surface area contributed by atoms with Crippen molar-refractivity contribution in [3.05, 3.63) is 29.8 Å². The van der Waals surface area contributed by atoms with Crippen LogP contribution in [0.2, 0.25) is 0 Å². The molecule has 0 aromatic heterocycles. The van der Waals surface area contributed by atoms with Crippen LogP contribution in [0.25, 0.3) is 0 Å². The molecule has 2 rings (SSSR count). The Kier molecular flexibility index (Phi) is 6.38. The van der Waals surface area contributed by atoms with Gasteiger partial charge in [-0.25, -0.2) is 0 Å². The van der Waals surface area contributed by atoms with E-state index in [4.69, 9.17) is 5.73 Å². The Bertz CT molecular complexity index is 320. The number of likely N-dealkylation sites (tertiary alicyclic amines) is 1. The quantitative estimate of drug-likeness (QED) is 0.819. The van der Waals surface area contributed by atoms with E-state index in [-0.39, 0.29) is 12.4 Å². The molecule has 1 aromatic rings. The summed E-state index contributed by atoms with van der Waals surface area (Å²) in [5.41, 5.74) is 8.03. The summed E-state index contributed by atoms with van der Waals surface area (Å²) in [5.74, 6) is 0. The smallest absolute Gasteiger partial charge is 0.0317 e. The lowest BCUT2D eigenvalue weighted by Crippen LogP contribution is -2.26. The van der Waals surface area contributed by atoms with Crippen molar-refractivity contribution in [1.82, 2.24) is 4.90 Å². The minimum Gasteiger partial charge on any atom is -0.399 e. The van der Waals surface area contributed by atoms with Gasteiger partial charge in [0.15, 0.2) is 0 Å². The molecule has 17 heavy (non-hydrogen) atoms. The zero-order valence-corrected chi connectivity index (χ0v) is 11.2. The van der Waals surface area contributed by atoms with E-state index < -0.39 is 0 Å². The van der Waals surface area contributed by atoms with E-state index in [9.17, 15) is 0 Å². The van der Waals surface area contributed by atoms with E-state index >= 15 is 0 Å². The summed E-state index contributed by atoms with van der Waals surface area (Å²) in [7, 11) is 0. The van der Waals surface area contributed by atoms with E-state index in [1.165, 1.54) is 50.8 Å². The number of halogens is 1. The molecular formula is C14H23ClN2. The van der Waals surface area contributed by atoms with Crippen LogP contribution >= 0.6 is 12.4 Å². The molecule has 1 saturated heterocycles. The summed E-state index contributed by atoms with van der Waals surface area (Å²) in [6.45, 7) is 3.55. The van der Waals surface area contributed by atoms with Gasteiger partial charge in [-0.1, -0.05) is 31.4 Å². The molecule has 0 unspecified atom stereocenters. The van der Waals surface area contributed by atoms with Gasteiger partial charge in [-0.3, -0.25) is 4.90 Å². The number of nitrogens with zero attached hydrogens (tertiary/aromatic N) is 1. The summed E-state index contributed by atoms with van der Waals surface area (Å²) in [6.07, 6.45) is 6.91. The maximum atomic E-state index is 5.80. The Hall–Kier alpha value is -0.730. The van der Waals surface area contributed by atoms with Gasteiger partial charge in [0.2, 0.25) is 0 Å². The monoisotopic (exact) mass is 254 g/mol. The average Bonchev–Trinajstić information content (AvgIpc) is 2.22. The van der Waals surface area contributed by atoms with Gasteiger partial charge >= 0.3 is 0 Å². The SMILES string of the molecule is Cl.Nc1cccc(CN2CCCCCCC2)c1. The van der Waals surface area contributed by atoms with Gasteiger partial charge < -0.3 is 5.73 Å². The number of hydrogen-bond acceptors (Lipinski definition) is 2. The first kappa shape index (κ1) is 14.3. The topological polar surface area (TPSA) is 29.3 Å². The first-order valence-electron chi connectivity index (χ1n) is 6.41. The summed E-state index contributed by atoms with van der Waals surface area (Å²) in [4.78, 5) is 2.56. The van der Waals surface area contributed by atoms with Crippen molar-refractivity contribution in [2.45, 2.75) is 38.6 Å². The van der Waals surface area contributed by atoms with Crippen molar-refractivity contribution in [3.63, 3.8) is 0 Å². The highest BCUT2D eigenvalue weighted by Gasteiger charge is 2.08. The Morgan fingerprint density at radius 1 is 1.00 bits per heavy atom. The van der Waals surface area contributed by atoms with Crippen molar-refractivity contribution in [2.24, 2.45) is 0 Å². The first-order chi connectivity index (χ1) is 7.84. The van der Waals surface area contributed by atoms with Gasteiger partial charge in [0.05, 0.1) is 0 Å². The number of benzene rings is 1. The predicted molar refractivity (Wildman–Crippen MR) is 76.5 cm³/mol. The Morgan fingerprint density at radius 2 is 1.65 bits per heavy atom. The van der Waals surface area contributed by atoms with Crippen molar-refractivity contribution >= 4 is 18.1 Å². The van der Waals surface area contributed by atoms with E-state index in [1.54, 1.807) is 0 Å². The lowest BCUT2D eigenvalue weighted by molar-refractivity contribution is 0.240. The van der Waals surface area contributed by atoms with Crippen LogP contribution in [0, 0.1) is 0 Å². The molecule has 0 radical (unpaired) electrons. The zero-order chi connectivity index (χ0) is 11.2. The van der Waals surface area contributed by atoms with Gasteiger partial charge in [0, 0.05) is 12.2 Å². The molecule has 0 amide bonds. The van der Waals surface area contributed by atoms with Crippen molar-refractivity contribution in [1.29, 1.82) is 0 Å². The van der Waals surface area contributed by atoms with Gasteiger partial charge in [0.25, 0.3) is 0 Å². The highest BCUT2D eigenvalue weighted by atomic mass is 35.5. The molecule has 1 aliphatic rings. The molecule has 2 nitrogen and oxygen atoms in total. The number of rotatable bonds is 2. The molecule has 0 aliphatic carbocycles. The average molecular weight is 255 g/mol. The standard InChI is InChI=1S/C14H22N2.ClH/c15-14-8-6-7-13(11-14)12-16-9-4-2-1-3-5-10-16;/h6-8,11H,1-5,9-10,12,15H2;1H. The lowest BCUT2D eigenvalue weighted by Gasteiger charge is -2.24. The van der Waals surface area contributed by atoms with Crippen LogP contribution in [-0.2, 0) is 6.54 Å². The Labute approximate surface area is 111 Å². The maximum Gasteiger partial charge on any atom is 0.0317 e. The molecule has 1 heterocycles.